The van der Waals surface area contributed by atoms with Gasteiger partial charge < -0.3 is 14.9 Å². The van der Waals surface area contributed by atoms with Gasteiger partial charge in [0, 0.05) is 21.4 Å². The highest BCUT2D eigenvalue weighted by Gasteiger charge is 2.18. The molecule has 104 valence electrons. The molecule has 0 spiro atoms. The molecule has 0 bridgehead atoms. The van der Waals surface area contributed by atoms with Crippen LogP contribution in [0.4, 0.5) is 0 Å². The number of hydrogen-bond donors (Lipinski definition) is 1. The van der Waals surface area contributed by atoms with Crippen LogP contribution in [0.25, 0.3) is 11.0 Å². The summed E-state index contributed by atoms with van der Waals surface area (Å²) in [5, 5.41) is 1.49. The molecule has 0 aliphatic heterocycles. The number of halogens is 2. The van der Waals surface area contributed by atoms with Gasteiger partial charge in [0.05, 0.1) is 16.9 Å². The SMILES string of the molecule is COc1cc(Cl)cc2cc(C(N)c3ccc(Br)s3)oc12. The van der Waals surface area contributed by atoms with E-state index in [-0.39, 0.29) is 6.04 Å². The Kier molecular flexibility index (Phi) is 3.77. The quantitative estimate of drug-likeness (QED) is 0.706. The van der Waals surface area contributed by atoms with Gasteiger partial charge in [-0.05, 0) is 40.2 Å². The predicted octanol–water partition coefficient (Wildman–Crippen LogP) is 4.97. The van der Waals surface area contributed by atoms with E-state index in [0.29, 0.717) is 22.1 Å². The average molecular weight is 373 g/mol. The van der Waals surface area contributed by atoms with Crippen LogP contribution in [0.5, 0.6) is 5.75 Å². The van der Waals surface area contributed by atoms with Crippen LogP contribution in [0.1, 0.15) is 16.7 Å². The maximum Gasteiger partial charge on any atom is 0.176 e. The predicted molar refractivity (Wildman–Crippen MR) is 85.8 cm³/mol. The van der Waals surface area contributed by atoms with Crippen LogP contribution in [-0.4, -0.2) is 7.11 Å². The average Bonchev–Trinajstić information content (AvgIpc) is 3.02. The fourth-order valence-electron chi connectivity index (χ4n) is 2.05. The van der Waals surface area contributed by atoms with Crippen LogP contribution in [0, 0.1) is 0 Å². The first-order valence-corrected chi connectivity index (χ1v) is 7.85. The first-order valence-electron chi connectivity index (χ1n) is 5.86. The summed E-state index contributed by atoms with van der Waals surface area (Å²) in [5.41, 5.74) is 6.91. The Bertz CT molecular complexity index is 768. The van der Waals surface area contributed by atoms with Gasteiger partial charge in [-0.3, -0.25) is 0 Å². The Morgan fingerprint density at radius 3 is 2.80 bits per heavy atom. The summed E-state index contributed by atoms with van der Waals surface area (Å²) in [6.45, 7) is 0. The van der Waals surface area contributed by atoms with Crippen LogP contribution in [0.2, 0.25) is 5.02 Å². The van der Waals surface area contributed by atoms with Crippen LogP contribution in [0.3, 0.4) is 0 Å². The zero-order valence-electron chi connectivity index (χ0n) is 10.5. The van der Waals surface area contributed by atoms with E-state index in [0.717, 1.165) is 14.0 Å². The standard InChI is InChI=1S/C14H11BrClNO2S/c1-18-10-6-8(16)4-7-5-9(19-14(7)10)13(17)11-2-3-12(15)20-11/h2-6,13H,17H2,1H3. The topological polar surface area (TPSA) is 48.4 Å². The number of nitrogens with two attached hydrogens (primary N) is 1. The molecule has 0 fully saturated rings. The third-order valence-corrected chi connectivity index (χ3v) is 4.92. The highest BCUT2D eigenvalue weighted by molar-refractivity contribution is 9.11. The van der Waals surface area contributed by atoms with Gasteiger partial charge in [-0.2, -0.15) is 0 Å². The molecule has 3 nitrogen and oxygen atoms in total. The molecule has 2 N–H and O–H groups in total. The summed E-state index contributed by atoms with van der Waals surface area (Å²) in [6, 6.07) is 9.12. The van der Waals surface area contributed by atoms with Crippen molar-refractivity contribution in [2.24, 2.45) is 5.73 Å². The van der Waals surface area contributed by atoms with Crippen LogP contribution < -0.4 is 10.5 Å². The molecule has 0 radical (unpaired) electrons. The Balaban J connectivity index is 2.08. The molecule has 3 aromatic rings. The van der Waals surface area contributed by atoms with Crippen LogP contribution in [0.15, 0.2) is 38.5 Å². The summed E-state index contributed by atoms with van der Waals surface area (Å²) in [6.07, 6.45) is 0. The maximum absolute atomic E-state index is 6.25. The van der Waals surface area contributed by atoms with Gasteiger partial charge >= 0.3 is 0 Å². The van der Waals surface area contributed by atoms with Crippen molar-refractivity contribution in [3.05, 3.63) is 49.8 Å². The van der Waals surface area contributed by atoms with E-state index < -0.39 is 0 Å². The van der Waals surface area contributed by atoms with E-state index in [1.165, 1.54) is 0 Å². The van der Waals surface area contributed by atoms with Crippen LogP contribution in [-0.2, 0) is 0 Å². The van der Waals surface area contributed by atoms with Crippen molar-refractivity contribution in [1.82, 2.24) is 0 Å². The Morgan fingerprint density at radius 2 is 2.15 bits per heavy atom. The van der Waals surface area contributed by atoms with Gasteiger partial charge in [0.25, 0.3) is 0 Å². The number of hydrogen-bond acceptors (Lipinski definition) is 4. The smallest absolute Gasteiger partial charge is 0.176 e. The minimum atomic E-state index is -0.304. The first-order chi connectivity index (χ1) is 9.58. The molecule has 0 saturated carbocycles. The van der Waals surface area contributed by atoms with Crippen LogP contribution >= 0.6 is 38.9 Å². The number of furan rings is 1. The molecule has 0 saturated heterocycles. The first kappa shape index (κ1) is 13.9. The Hall–Kier alpha value is -1.01. The zero-order valence-corrected chi connectivity index (χ0v) is 13.7. The molecule has 0 amide bonds. The highest BCUT2D eigenvalue weighted by Crippen LogP contribution is 2.36. The van der Waals surface area contributed by atoms with Crippen molar-refractivity contribution in [3.63, 3.8) is 0 Å². The van der Waals surface area contributed by atoms with E-state index in [4.69, 9.17) is 26.5 Å². The number of fused-ring (bicyclic) bond motifs is 1. The second-order valence-electron chi connectivity index (χ2n) is 4.29. The second-order valence-corrected chi connectivity index (χ2v) is 7.23. The summed E-state index contributed by atoms with van der Waals surface area (Å²) in [7, 11) is 1.59. The summed E-state index contributed by atoms with van der Waals surface area (Å²) in [4.78, 5) is 1.03. The number of benzene rings is 1. The largest absolute Gasteiger partial charge is 0.493 e. The maximum atomic E-state index is 6.25. The van der Waals surface area contributed by atoms with Crippen molar-refractivity contribution in [2.45, 2.75) is 6.04 Å². The van der Waals surface area contributed by atoms with Gasteiger partial charge in [-0.25, -0.2) is 0 Å². The third kappa shape index (κ3) is 2.46. The van der Waals surface area contributed by atoms with Gasteiger partial charge in [0.15, 0.2) is 11.3 Å². The molecular formula is C14H11BrClNO2S. The van der Waals surface area contributed by atoms with Gasteiger partial charge in [0.2, 0.25) is 0 Å². The lowest BCUT2D eigenvalue weighted by Crippen LogP contribution is -2.08. The molecule has 20 heavy (non-hydrogen) atoms. The van der Waals surface area contributed by atoms with E-state index >= 15 is 0 Å². The Labute approximate surface area is 133 Å². The van der Waals surface area contributed by atoms with E-state index in [1.807, 2.05) is 24.3 Å². The minimum absolute atomic E-state index is 0.304. The number of ether oxygens (including phenoxy) is 1. The molecule has 0 aliphatic rings. The third-order valence-electron chi connectivity index (χ3n) is 2.99. The van der Waals surface area contributed by atoms with Crippen molar-refractivity contribution in [1.29, 1.82) is 0 Å². The molecule has 3 rings (SSSR count). The lowest BCUT2D eigenvalue weighted by Gasteiger charge is -2.05. The molecule has 2 heterocycles. The fourth-order valence-corrected chi connectivity index (χ4v) is 3.70. The lowest BCUT2D eigenvalue weighted by molar-refractivity contribution is 0.406. The van der Waals surface area contributed by atoms with Gasteiger partial charge in [-0.1, -0.05) is 11.6 Å². The minimum Gasteiger partial charge on any atom is -0.493 e. The van der Waals surface area contributed by atoms with Crippen molar-refractivity contribution in [2.75, 3.05) is 7.11 Å². The second kappa shape index (κ2) is 5.41. The molecular weight excluding hydrogens is 362 g/mol. The zero-order chi connectivity index (χ0) is 14.3. The normalized spacial score (nSPS) is 12.8. The van der Waals surface area contributed by atoms with Gasteiger partial charge in [-0.15, -0.1) is 11.3 Å². The number of methoxy groups -OCH3 is 1. The number of thiophene rings is 1. The summed E-state index contributed by atoms with van der Waals surface area (Å²) in [5.74, 6) is 1.30. The highest BCUT2D eigenvalue weighted by atomic mass is 79.9. The van der Waals surface area contributed by atoms with E-state index in [9.17, 15) is 0 Å². The fraction of sp³-hybridized carbons (Fsp3) is 0.143. The number of rotatable bonds is 3. The van der Waals surface area contributed by atoms with Gasteiger partial charge in [0.1, 0.15) is 5.76 Å². The molecule has 0 aliphatic carbocycles. The molecule has 2 aromatic heterocycles. The van der Waals surface area contributed by atoms with Crippen molar-refractivity contribution < 1.29 is 9.15 Å². The summed E-state index contributed by atoms with van der Waals surface area (Å²) < 4.78 is 12.2. The molecule has 1 atom stereocenters. The van der Waals surface area contributed by atoms with E-state index in [1.54, 1.807) is 24.5 Å². The molecule has 1 unspecified atom stereocenters. The van der Waals surface area contributed by atoms with Crippen molar-refractivity contribution >= 4 is 49.8 Å². The molecule has 6 heteroatoms. The molecule has 1 aromatic carbocycles. The summed E-state index contributed by atoms with van der Waals surface area (Å²) >= 11 is 11.1. The van der Waals surface area contributed by atoms with E-state index in [2.05, 4.69) is 15.9 Å². The van der Waals surface area contributed by atoms with Crippen molar-refractivity contribution in [3.8, 4) is 5.75 Å². The monoisotopic (exact) mass is 371 g/mol. The lowest BCUT2D eigenvalue weighted by atomic mass is 10.2. The Morgan fingerprint density at radius 1 is 1.35 bits per heavy atom.